The van der Waals surface area contributed by atoms with Gasteiger partial charge in [-0.25, -0.2) is 9.36 Å². The summed E-state index contributed by atoms with van der Waals surface area (Å²) >= 11 is 0. The zero-order chi connectivity index (χ0) is 18.0. The summed E-state index contributed by atoms with van der Waals surface area (Å²) in [7, 11) is -3.95. The van der Waals surface area contributed by atoms with Crippen molar-refractivity contribution in [2.45, 2.75) is 6.92 Å². The average molecular weight is 362 g/mol. The van der Waals surface area contributed by atoms with E-state index in [1.54, 1.807) is 73.7 Å². The normalized spacial score (nSPS) is 11.2. The van der Waals surface area contributed by atoms with E-state index in [0.29, 0.717) is 11.5 Å². The Kier molecular flexibility index (Phi) is 7.26. The van der Waals surface area contributed by atoms with E-state index in [-0.39, 0.29) is 13.2 Å². The van der Waals surface area contributed by atoms with Crippen molar-refractivity contribution in [2.75, 3.05) is 13.2 Å². The van der Waals surface area contributed by atoms with Crippen LogP contribution in [0.1, 0.15) is 6.92 Å². The van der Waals surface area contributed by atoms with Crippen LogP contribution < -0.4 is 9.05 Å². The first-order valence-electron chi connectivity index (χ1n) is 7.64. The molecule has 0 amide bonds. The highest BCUT2D eigenvalue weighted by Crippen LogP contribution is 2.49. The third-order valence-electron chi connectivity index (χ3n) is 2.80. The number of hydrogen-bond donors (Lipinski definition) is 0. The number of phosphoric acid groups is 1. The molecule has 0 fully saturated rings. The fourth-order valence-electron chi connectivity index (χ4n) is 1.77. The molecule has 0 heterocycles. The van der Waals surface area contributed by atoms with Crippen LogP contribution in [-0.4, -0.2) is 19.2 Å². The topological polar surface area (TPSA) is 71.1 Å². The summed E-state index contributed by atoms with van der Waals surface area (Å²) in [6.45, 7) is 1.48. The Hall–Kier alpha value is -2.56. The second-order valence-electron chi connectivity index (χ2n) is 4.76. The van der Waals surface area contributed by atoms with E-state index < -0.39 is 13.8 Å². The highest BCUT2D eigenvalue weighted by Gasteiger charge is 2.30. The lowest BCUT2D eigenvalue weighted by atomic mass is 10.3. The van der Waals surface area contributed by atoms with Crippen molar-refractivity contribution in [3.63, 3.8) is 0 Å². The van der Waals surface area contributed by atoms with Crippen LogP contribution in [0, 0.1) is 0 Å². The van der Waals surface area contributed by atoms with Crippen LogP contribution in [0.15, 0.2) is 72.8 Å². The lowest BCUT2D eigenvalue weighted by Gasteiger charge is -2.19. The van der Waals surface area contributed by atoms with Crippen LogP contribution in [0.25, 0.3) is 0 Å². The molecule has 0 aromatic heterocycles. The molecule has 6 nitrogen and oxygen atoms in total. The molecule has 2 aromatic carbocycles. The Labute approximate surface area is 146 Å². The minimum atomic E-state index is -3.95. The molecule has 2 aromatic rings. The lowest BCUT2D eigenvalue weighted by Crippen LogP contribution is -2.11. The van der Waals surface area contributed by atoms with E-state index in [4.69, 9.17) is 18.3 Å². The molecule has 132 valence electrons. The van der Waals surface area contributed by atoms with Gasteiger partial charge in [0.2, 0.25) is 0 Å². The quantitative estimate of drug-likeness (QED) is 0.285. The number of allylic oxidation sites excluding steroid dienone is 1. The van der Waals surface area contributed by atoms with Crippen LogP contribution in [0.5, 0.6) is 11.5 Å². The van der Waals surface area contributed by atoms with Crippen LogP contribution in [-0.2, 0) is 18.6 Å². The molecule has 0 atom stereocenters. The molecule has 0 aliphatic heterocycles. The number of hydrogen-bond acceptors (Lipinski definition) is 6. The Balaban J connectivity index is 2.01. The van der Waals surface area contributed by atoms with Gasteiger partial charge < -0.3 is 13.8 Å². The van der Waals surface area contributed by atoms with E-state index in [1.807, 2.05) is 0 Å². The maximum atomic E-state index is 12.9. The number of carbonyl (C=O) groups excluding carboxylic acids is 1. The number of benzene rings is 2. The molecule has 0 aliphatic rings. The Morgan fingerprint density at radius 2 is 1.44 bits per heavy atom. The van der Waals surface area contributed by atoms with Crippen molar-refractivity contribution < 1.29 is 27.7 Å². The molecule has 0 saturated heterocycles. The molecule has 0 unspecified atom stereocenters. The van der Waals surface area contributed by atoms with Gasteiger partial charge in [0.05, 0.1) is 6.61 Å². The van der Waals surface area contributed by atoms with Crippen molar-refractivity contribution >= 4 is 13.8 Å². The SMILES string of the molecule is CC=CC(=O)OCCOP(=O)(Oc1ccccc1)Oc1ccccc1. The molecule has 0 saturated carbocycles. The minimum absolute atomic E-state index is 0.0799. The molecule has 0 radical (unpaired) electrons. The summed E-state index contributed by atoms with van der Waals surface area (Å²) in [5.41, 5.74) is 0. The van der Waals surface area contributed by atoms with Gasteiger partial charge in [-0.1, -0.05) is 42.5 Å². The first-order valence-corrected chi connectivity index (χ1v) is 9.11. The summed E-state index contributed by atoms with van der Waals surface area (Å²) in [5.74, 6) is 0.175. The predicted octanol–water partition coefficient (Wildman–Crippen LogP) is 4.39. The molecular formula is C18H19O6P. The van der Waals surface area contributed by atoms with E-state index in [0.717, 1.165) is 0 Å². The number of rotatable bonds is 9. The summed E-state index contributed by atoms with van der Waals surface area (Å²) in [6, 6.07) is 17.1. The monoisotopic (exact) mass is 362 g/mol. The van der Waals surface area contributed by atoms with Gasteiger partial charge in [-0.2, -0.15) is 0 Å². The number of esters is 1. The Morgan fingerprint density at radius 1 is 0.920 bits per heavy atom. The first-order chi connectivity index (χ1) is 12.1. The van der Waals surface area contributed by atoms with E-state index in [2.05, 4.69) is 0 Å². The highest BCUT2D eigenvalue weighted by molar-refractivity contribution is 7.49. The number of para-hydroxylation sites is 2. The number of ether oxygens (including phenoxy) is 1. The molecule has 0 aliphatic carbocycles. The molecule has 0 spiro atoms. The third-order valence-corrected chi connectivity index (χ3v) is 4.17. The fraction of sp³-hybridized carbons (Fsp3) is 0.167. The van der Waals surface area contributed by atoms with E-state index in [9.17, 15) is 9.36 Å². The molecule has 0 bridgehead atoms. The highest BCUT2D eigenvalue weighted by atomic mass is 31.2. The van der Waals surface area contributed by atoms with Gasteiger partial charge in [-0.3, -0.25) is 4.52 Å². The van der Waals surface area contributed by atoms with Gasteiger partial charge in [0, 0.05) is 6.08 Å². The van der Waals surface area contributed by atoms with Crippen molar-refractivity contribution in [1.82, 2.24) is 0 Å². The smallest absolute Gasteiger partial charge is 0.460 e. The number of phosphoric ester groups is 1. The molecule has 0 N–H and O–H groups in total. The molecule has 25 heavy (non-hydrogen) atoms. The van der Waals surface area contributed by atoms with E-state index >= 15 is 0 Å². The largest absolute Gasteiger partial charge is 0.587 e. The van der Waals surface area contributed by atoms with Crippen molar-refractivity contribution in [3.8, 4) is 11.5 Å². The maximum absolute atomic E-state index is 12.9. The summed E-state index contributed by atoms with van der Waals surface area (Å²) in [4.78, 5) is 11.3. The van der Waals surface area contributed by atoms with Crippen molar-refractivity contribution in [1.29, 1.82) is 0 Å². The summed E-state index contributed by atoms with van der Waals surface area (Å²) in [6.07, 6.45) is 2.84. The zero-order valence-corrected chi connectivity index (χ0v) is 14.6. The van der Waals surface area contributed by atoms with Crippen LogP contribution in [0.4, 0.5) is 0 Å². The van der Waals surface area contributed by atoms with Gasteiger partial charge >= 0.3 is 13.8 Å². The minimum Gasteiger partial charge on any atom is -0.460 e. The van der Waals surface area contributed by atoms with Crippen LogP contribution in [0.3, 0.4) is 0 Å². The Morgan fingerprint density at radius 3 is 1.92 bits per heavy atom. The summed E-state index contributed by atoms with van der Waals surface area (Å²) < 4.78 is 33.9. The third kappa shape index (κ3) is 6.83. The van der Waals surface area contributed by atoms with Gasteiger partial charge in [0.15, 0.2) is 0 Å². The molecular weight excluding hydrogens is 343 g/mol. The summed E-state index contributed by atoms with van der Waals surface area (Å²) in [5, 5.41) is 0. The average Bonchev–Trinajstić information content (AvgIpc) is 2.61. The van der Waals surface area contributed by atoms with Gasteiger partial charge in [-0.15, -0.1) is 0 Å². The fourth-order valence-corrected chi connectivity index (χ4v) is 2.97. The second-order valence-corrected chi connectivity index (χ2v) is 6.27. The predicted molar refractivity (Wildman–Crippen MR) is 93.5 cm³/mol. The maximum Gasteiger partial charge on any atom is 0.587 e. The van der Waals surface area contributed by atoms with Gasteiger partial charge in [0.25, 0.3) is 0 Å². The second kappa shape index (κ2) is 9.67. The molecule has 7 heteroatoms. The molecule has 2 rings (SSSR count). The first kappa shape index (κ1) is 18.8. The van der Waals surface area contributed by atoms with Gasteiger partial charge in [0.1, 0.15) is 18.1 Å². The van der Waals surface area contributed by atoms with E-state index in [1.165, 1.54) is 6.08 Å². The van der Waals surface area contributed by atoms with Crippen LogP contribution in [0.2, 0.25) is 0 Å². The van der Waals surface area contributed by atoms with Crippen molar-refractivity contribution in [3.05, 3.63) is 72.8 Å². The zero-order valence-electron chi connectivity index (χ0n) is 13.7. The van der Waals surface area contributed by atoms with Crippen LogP contribution >= 0.6 is 7.82 Å². The lowest BCUT2D eigenvalue weighted by molar-refractivity contribution is -0.138. The Bertz CT molecular complexity index is 684. The standard InChI is InChI=1S/C18H19O6P/c1-2-9-18(19)21-14-15-22-25(20,23-16-10-5-3-6-11-16)24-17-12-7-4-8-13-17/h2-13H,14-15H2,1H3. The van der Waals surface area contributed by atoms with Crippen molar-refractivity contribution in [2.24, 2.45) is 0 Å². The van der Waals surface area contributed by atoms with Gasteiger partial charge in [-0.05, 0) is 31.2 Å². The number of carbonyl (C=O) groups is 1.